The molecular weight excluding hydrogens is 383 g/mol. The second-order valence-electron chi connectivity index (χ2n) is 6.34. The molecule has 0 radical (unpaired) electrons. The van der Waals surface area contributed by atoms with Crippen LogP contribution in [0.25, 0.3) is 6.08 Å². The zero-order valence-corrected chi connectivity index (χ0v) is 15.7. The van der Waals surface area contributed by atoms with Crippen LogP contribution in [0.2, 0.25) is 5.15 Å². The Labute approximate surface area is 166 Å². The van der Waals surface area contributed by atoms with Crippen molar-refractivity contribution < 1.29 is 18.7 Å². The maximum absolute atomic E-state index is 13.1. The van der Waals surface area contributed by atoms with E-state index >= 15 is 0 Å². The lowest BCUT2D eigenvalue weighted by Crippen LogP contribution is -2.02. The lowest BCUT2D eigenvalue weighted by atomic mass is 10.1. The van der Waals surface area contributed by atoms with Gasteiger partial charge >= 0.3 is 0 Å². The second-order valence-corrected chi connectivity index (χ2v) is 6.70. The van der Waals surface area contributed by atoms with Gasteiger partial charge in [-0.15, -0.1) is 0 Å². The van der Waals surface area contributed by atoms with Gasteiger partial charge in [-0.3, -0.25) is 4.79 Å². The smallest absolute Gasteiger partial charge is 0.231 e. The molecule has 2 aromatic carbocycles. The summed E-state index contributed by atoms with van der Waals surface area (Å²) < 4.78 is 25.2. The summed E-state index contributed by atoms with van der Waals surface area (Å²) in [6.07, 6.45) is 3.11. The summed E-state index contributed by atoms with van der Waals surface area (Å²) in [7, 11) is 0. The van der Waals surface area contributed by atoms with Gasteiger partial charge in [0.25, 0.3) is 0 Å². The number of rotatable bonds is 5. The van der Waals surface area contributed by atoms with Crippen LogP contribution >= 0.6 is 11.6 Å². The minimum Gasteiger partial charge on any atom is -0.454 e. The molecule has 1 aromatic heterocycles. The van der Waals surface area contributed by atoms with E-state index < -0.39 is 0 Å². The third kappa shape index (κ3) is 3.64. The van der Waals surface area contributed by atoms with Crippen LogP contribution in [0.1, 0.15) is 27.2 Å². The molecule has 0 atom stereocenters. The Morgan fingerprint density at radius 3 is 2.75 bits per heavy atom. The predicted octanol–water partition coefficient (Wildman–Crippen LogP) is 4.66. The van der Waals surface area contributed by atoms with Crippen LogP contribution in [0.3, 0.4) is 0 Å². The molecule has 0 spiro atoms. The van der Waals surface area contributed by atoms with Crippen LogP contribution in [0.15, 0.2) is 48.5 Å². The van der Waals surface area contributed by atoms with Crippen LogP contribution < -0.4 is 9.47 Å². The van der Waals surface area contributed by atoms with Crippen molar-refractivity contribution in [1.82, 2.24) is 9.78 Å². The highest BCUT2D eigenvalue weighted by Gasteiger charge is 2.16. The third-order valence-corrected chi connectivity index (χ3v) is 4.81. The Bertz CT molecular complexity index is 1070. The lowest BCUT2D eigenvalue weighted by Gasteiger charge is -2.03. The highest BCUT2D eigenvalue weighted by molar-refractivity contribution is 6.31. The molecule has 28 heavy (non-hydrogen) atoms. The van der Waals surface area contributed by atoms with E-state index in [1.165, 1.54) is 18.2 Å². The SMILES string of the molecule is Cc1nn(Cc2ccc(F)cc2)c(Cl)c1/C=C/C(=O)c1ccc2c(c1)OCO2. The first-order valence-electron chi connectivity index (χ1n) is 8.60. The van der Waals surface area contributed by atoms with Crippen molar-refractivity contribution in [2.75, 3.05) is 6.79 Å². The van der Waals surface area contributed by atoms with Gasteiger partial charge in [-0.25, -0.2) is 9.07 Å². The van der Waals surface area contributed by atoms with E-state index in [0.29, 0.717) is 40.0 Å². The molecule has 0 N–H and O–H groups in total. The van der Waals surface area contributed by atoms with Crippen LogP contribution in [0, 0.1) is 12.7 Å². The van der Waals surface area contributed by atoms with Crippen molar-refractivity contribution >= 4 is 23.5 Å². The normalized spacial score (nSPS) is 12.7. The van der Waals surface area contributed by atoms with Crippen LogP contribution in [-0.2, 0) is 6.54 Å². The first kappa shape index (κ1) is 18.3. The fourth-order valence-electron chi connectivity index (χ4n) is 2.93. The topological polar surface area (TPSA) is 53.4 Å². The summed E-state index contributed by atoms with van der Waals surface area (Å²) in [5.41, 5.74) is 2.73. The van der Waals surface area contributed by atoms with Crippen molar-refractivity contribution in [3.63, 3.8) is 0 Å². The molecule has 0 amide bonds. The Balaban J connectivity index is 1.53. The standard InChI is InChI=1S/C21H16ClFN2O3/c1-13-17(21(22)25(24-13)11-14-2-5-16(23)6-3-14)7-8-18(26)15-4-9-19-20(10-15)28-12-27-19/h2-10H,11-12H2,1H3/b8-7+. The molecule has 0 bridgehead atoms. The van der Waals surface area contributed by atoms with Gasteiger partial charge in [0.1, 0.15) is 11.0 Å². The zero-order valence-electron chi connectivity index (χ0n) is 15.0. The van der Waals surface area contributed by atoms with Crippen molar-refractivity contribution in [2.45, 2.75) is 13.5 Å². The molecule has 0 aliphatic carbocycles. The lowest BCUT2D eigenvalue weighted by molar-refractivity contribution is 0.104. The fraction of sp³-hybridized carbons (Fsp3) is 0.143. The number of aromatic nitrogens is 2. The second kappa shape index (κ2) is 7.48. The molecular formula is C21H16ClFN2O3. The van der Waals surface area contributed by atoms with Gasteiger partial charge in [0.2, 0.25) is 6.79 Å². The minimum atomic E-state index is -0.294. The van der Waals surface area contributed by atoms with E-state index in [0.717, 1.165) is 5.56 Å². The Morgan fingerprint density at radius 1 is 1.21 bits per heavy atom. The monoisotopic (exact) mass is 398 g/mol. The van der Waals surface area contributed by atoms with Crippen LogP contribution in [-0.4, -0.2) is 22.4 Å². The average Bonchev–Trinajstić information content (AvgIpc) is 3.26. The molecule has 2 heterocycles. The van der Waals surface area contributed by atoms with E-state index in [-0.39, 0.29) is 18.4 Å². The maximum atomic E-state index is 13.1. The van der Waals surface area contributed by atoms with Gasteiger partial charge in [0.15, 0.2) is 17.3 Å². The van der Waals surface area contributed by atoms with Gasteiger partial charge in [0.05, 0.1) is 12.2 Å². The molecule has 7 heteroatoms. The first-order valence-corrected chi connectivity index (χ1v) is 8.98. The number of carbonyl (C=O) groups excluding carboxylic acids is 1. The van der Waals surface area contributed by atoms with E-state index in [4.69, 9.17) is 21.1 Å². The summed E-state index contributed by atoms with van der Waals surface area (Å²) in [6, 6.07) is 11.2. The number of aryl methyl sites for hydroxylation is 1. The van der Waals surface area contributed by atoms with E-state index in [1.54, 1.807) is 41.1 Å². The number of allylic oxidation sites excluding steroid dienone is 1. The molecule has 0 saturated carbocycles. The molecule has 5 nitrogen and oxygen atoms in total. The third-order valence-electron chi connectivity index (χ3n) is 4.41. The number of ether oxygens (including phenoxy) is 2. The van der Waals surface area contributed by atoms with Gasteiger partial charge in [-0.2, -0.15) is 5.10 Å². The summed E-state index contributed by atoms with van der Waals surface area (Å²) in [6.45, 7) is 2.38. The van der Waals surface area contributed by atoms with Crippen LogP contribution in [0.4, 0.5) is 4.39 Å². The number of carbonyl (C=O) groups is 1. The largest absolute Gasteiger partial charge is 0.454 e. The maximum Gasteiger partial charge on any atom is 0.231 e. The predicted molar refractivity (Wildman–Crippen MR) is 103 cm³/mol. The molecule has 0 fully saturated rings. The molecule has 3 aromatic rings. The van der Waals surface area contributed by atoms with E-state index in [1.807, 2.05) is 6.92 Å². The van der Waals surface area contributed by atoms with Crippen LogP contribution in [0.5, 0.6) is 11.5 Å². The van der Waals surface area contributed by atoms with E-state index in [2.05, 4.69) is 5.10 Å². The Hall–Kier alpha value is -3.12. The summed E-state index contributed by atoms with van der Waals surface area (Å²) in [5.74, 6) is 0.708. The first-order chi connectivity index (χ1) is 13.5. The van der Waals surface area contributed by atoms with Crippen molar-refractivity contribution in [3.8, 4) is 11.5 Å². The highest BCUT2D eigenvalue weighted by Crippen LogP contribution is 2.32. The zero-order chi connectivity index (χ0) is 19.7. The van der Waals surface area contributed by atoms with E-state index in [9.17, 15) is 9.18 Å². The summed E-state index contributed by atoms with van der Waals surface area (Å²) in [5, 5.41) is 4.83. The minimum absolute atomic E-state index is 0.158. The highest BCUT2D eigenvalue weighted by atomic mass is 35.5. The molecule has 0 unspecified atom stereocenters. The molecule has 4 rings (SSSR count). The summed E-state index contributed by atoms with van der Waals surface area (Å²) >= 11 is 6.44. The number of hydrogen-bond acceptors (Lipinski definition) is 4. The number of nitrogens with zero attached hydrogens (tertiary/aromatic N) is 2. The van der Waals surface area contributed by atoms with Gasteiger partial charge in [-0.05, 0) is 55.0 Å². The Morgan fingerprint density at radius 2 is 1.96 bits per heavy atom. The molecule has 1 aliphatic rings. The number of hydrogen-bond donors (Lipinski definition) is 0. The number of benzene rings is 2. The summed E-state index contributed by atoms with van der Waals surface area (Å²) in [4.78, 5) is 12.5. The van der Waals surface area contributed by atoms with Crippen molar-refractivity contribution in [1.29, 1.82) is 0 Å². The van der Waals surface area contributed by atoms with Crippen molar-refractivity contribution in [2.24, 2.45) is 0 Å². The number of halogens is 2. The number of ketones is 1. The number of fused-ring (bicyclic) bond motifs is 1. The molecule has 142 valence electrons. The molecule has 1 aliphatic heterocycles. The average molecular weight is 399 g/mol. The quantitative estimate of drug-likeness (QED) is 0.463. The molecule has 0 saturated heterocycles. The van der Waals surface area contributed by atoms with Gasteiger partial charge in [0, 0.05) is 11.1 Å². The van der Waals surface area contributed by atoms with Gasteiger partial charge < -0.3 is 9.47 Å². The van der Waals surface area contributed by atoms with Gasteiger partial charge in [-0.1, -0.05) is 23.7 Å². The fourth-order valence-corrected chi connectivity index (χ4v) is 3.23. The Kier molecular flexibility index (Phi) is 4.88. The van der Waals surface area contributed by atoms with Crippen molar-refractivity contribution in [3.05, 3.63) is 81.9 Å².